The lowest BCUT2D eigenvalue weighted by Crippen LogP contribution is -2.31. The van der Waals surface area contributed by atoms with E-state index in [-0.39, 0.29) is 0 Å². The molecule has 1 aliphatic heterocycles. The first kappa shape index (κ1) is 16.5. The van der Waals surface area contributed by atoms with Crippen molar-refractivity contribution in [1.82, 2.24) is 19.1 Å². The number of benzene rings is 2. The number of pyridine rings is 2. The van der Waals surface area contributed by atoms with E-state index >= 15 is 0 Å². The van der Waals surface area contributed by atoms with Crippen LogP contribution in [0.2, 0.25) is 0 Å². The van der Waals surface area contributed by atoms with Crippen LogP contribution in [0.4, 0.5) is 0 Å². The second-order valence-electron chi connectivity index (χ2n) is 7.83. The average Bonchev–Trinajstić information content (AvgIpc) is 3.46. The molecular formula is C26H18N5+. The lowest BCUT2D eigenvalue weighted by atomic mass is 10.1. The number of hydrogen-bond acceptors (Lipinski definition) is 2. The quantitative estimate of drug-likeness (QED) is 0.395. The predicted molar refractivity (Wildman–Crippen MR) is 120 cm³/mol. The molecule has 0 unspecified atom stereocenters. The molecule has 6 aromatic rings. The Hall–Kier alpha value is -4.25. The Morgan fingerprint density at radius 3 is 2.26 bits per heavy atom. The highest BCUT2D eigenvalue weighted by Crippen LogP contribution is 2.38. The Balaban J connectivity index is 1.74. The molecular weight excluding hydrogens is 382 g/mol. The van der Waals surface area contributed by atoms with Gasteiger partial charge in [-0.05, 0) is 42.5 Å². The number of rotatable bonds is 2. The molecule has 146 valence electrons. The summed E-state index contributed by atoms with van der Waals surface area (Å²) in [6, 6.07) is 27.4. The van der Waals surface area contributed by atoms with Crippen molar-refractivity contribution in [2.24, 2.45) is 0 Å². The van der Waals surface area contributed by atoms with Crippen molar-refractivity contribution in [2.45, 2.75) is 6.54 Å². The van der Waals surface area contributed by atoms with E-state index in [1.54, 1.807) is 0 Å². The zero-order valence-corrected chi connectivity index (χ0v) is 16.7. The molecule has 4 aromatic heterocycles. The van der Waals surface area contributed by atoms with E-state index in [0.29, 0.717) is 0 Å². The standard InChI is InChI=1S/C26H18N5/c1-3-8-19(9-4-1)30-22-12-7-14-28-23(22)24-26(30)31(20-10-5-2-6-11-20)25-21-13-15-27-16-18(21)17-29(24)25/h1-16H,17H2/q+1. The fraction of sp³-hybridized carbons (Fsp3) is 0.0385. The molecule has 0 saturated heterocycles. The van der Waals surface area contributed by atoms with Crippen LogP contribution >= 0.6 is 0 Å². The molecule has 31 heavy (non-hydrogen) atoms. The lowest BCUT2D eigenvalue weighted by molar-refractivity contribution is -0.645. The first-order valence-corrected chi connectivity index (χ1v) is 10.4. The summed E-state index contributed by atoms with van der Waals surface area (Å²) >= 11 is 0. The molecule has 0 aliphatic carbocycles. The van der Waals surface area contributed by atoms with E-state index in [1.807, 2.05) is 24.7 Å². The van der Waals surface area contributed by atoms with Crippen molar-refractivity contribution in [3.8, 4) is 22.8 Å². The summed E-state index contributed by atoms with van der Waals surface area (Å²) in [5.74, 6) is 1.17. The van der Waals surface area contributed by atoms with Crippen molar-refractivity contribution in [3.05, 3.63) is 103 Å². The van der Waals surface area contributed by atoms with Gasteiger partial charge in [0.05, 0.1) is 11.1 Å². The van der Waals surface area contributed by atoms with Crippen LogP contribution < -0.4 is 4.57 Å². The second kappa shape index (κ2) is 6.12. The Morgan fingerprint density at radius 2 is 1.48 bits per heavy atom. The molecule has 5 heterocycles. The molecule has 0 amide bonds. The van der Waals surface area contributed by atoms with Crippen molar-refractivity contribution < 1.29 is 4.57 Å². The van der Waals surface area contributed by atoms with Gasteiger partial charge in [-0.1, -0.05) is 36.4 Å². The Labute approximate surface area is 178 Å². The van der Waals surface area contributed by atoms with Crippen LogP contribution in [0.5, 0.6) is 0 Å². The largest absolute Gasteiger partial charge is 0.297 e. The normalized spacial score (nSPS) is 12.4. The van der Waals surface area contributed by atoms with Crippen LogP contribution in [0.25, 0.3) is 45.0 Å². The summed E-state index contributed by atoms with van der Waals surface area (Å²) in [5, 5.41) is 0. The smallest absolute Gasteiger partial charge is 0.271 e. The molecule has 5 heteroatoms. The fourth-order valence-electron chi connectivity index (χ4n) is 4.89. The second-order valence-corrected chi connectivity index (χ2v) is 7.83. The van der Waals surface area contributed by atoms with Crippen molar-refractivity contribution >= 4 is 22.2 Å². The predicted octanol–water partition coefficient (Wildman–Crippen LogP) is 4.68. The minimum atomic E-state index is 0.791. The molecule has 0 N–H and O–H groups in total. The maximum absolute atomic E-state index is 4.83. The summed E-state index contributed by atoms with van der Waals surface area (Å²) in [4.78, 5) is 9.21. The molecule has 2 aromatic carbocycles. The topological polar surface area (TPSA) is 39.5 Å². The van der Waals surface area contributed by atoms with Gasteiger partial charge < -0.3 is 0 Å². The summed E-state index contributed by atoms with van der Waals surface area (Å²) in [6.45, 7) is 0.791. The summed E-state index contributed by atoms with van der Waals surface area (Å²) < 4.78 is 7.09. The van der Waals surface area contributed by atoms with Gasteiger partial charge in [0.15, 0.2) is 0 Å². The Bertz CT molecular complexity index is 1590. The van der Waals surface area contributed by atoms with Crippen LogP contribution in [0, 0.1) is 0 Å². The third kappa shape index (κ3) is 2.17. The Kier molecular flexibility index (Phi) is 3.27. The van der Waals surface area contributed by atoms with Crippen LogP contribution in [0.3, 0.4) is 0 Å². The first-order valence-electron chi connectivity index (χ1n) is 10.4. The monoisotopic (exact) mass is 400 g/mol. The van der Waals surface area contributed by atoms with Gasteiger partial charge in [-0.2, -0.15) is 4.57 Å². The summed E-state index contributed by atoms with van der Waals surface area (Å²) in [7, 11) is 0. The number of para-hydroxylation sites is 2. The van der Waals surface area contributed by atoms with Gasteiger partial charge in [-0.25, -0.2) is 9.55 Å². The van der Waals surface area contributed by atoms with E-state index in [2.05, 4.69) is 91.5 Å². The van der Waals surface area contributed by atoms with E-state index in [1.165, 1.54) is 17.0 Å². The van der Waals surface area contributed by atoms with Crippen molar-refractivity contribution in [3.63, 3.8) is 0 Å². The Morgan fingerprint density at radius 1 is 0.742 bits per heavy atom. The van der Waals surface area contributed by atoms with Gasteiger partial charge in [0.2, 0.25) is 5.52 Å². The van der Waals surface area contributed by atoms with Gasteiger partial charge in [0.1, 0.15) is 17.7 Å². The van der Waals surface area contributed by atoms with Crippen molar-refractivity contribution in [2.75, 3.05) is 0 Å². The van der Waals surface area contributed by atoms with Crippen LogP contribution in [0.1, 0.15) is 5.56 Å². The minimum absolute atomic E-state index is 0.791. The highest BCUT2D eigenvalue weighted by molar-refractivity contribution is 6.03. The molecule has 0 atom stereocenters. The van der Waals surface area contributed by atoms with E-state index in [9.17, 15) is 0 Å². The summed E-state index contributed by atoms with van der Waals surface area (Å²) in [6.07, 6.45) is 5.74. The van der Waals surface area contributed by atoms with E-state index in [0.717, 1.165) is 40.1 Å². The third-order valence-electron chi connectivity index (χ3n) is 6.13. The zero-order chi connectivity index (χ0) is 20.4. The molecule has 7 rings (SSSR count). The number of imidazole rings is 1. The fourth-order valence-corrected chi connectivity index (χ4v) is 4.89. The SMILES string of the molecule is c1ccc(-n2c3[n+](c4c5ncccc5n(-c5ccccc5)c42)Cc2cnccc2-3)cc1. The van der Waals surface area contributed by atoms with Crippen LogP contribution in [0.15, 0.2) is 97.5 Å². The number of hydrogen-bond donors (Lipinski definition) is 0. The molecule has 0 radical (unpaired) electrons. The van der Waals surface area contributed by atoms with E-state index in [4.69, 9.17) is 4.98 Å². The summed E-state index contributed by atoms with van der Waals surface area (Å²) in [5.41, 5.74) is 9.11. The minimum Gasteiger partial charge on any atom is -0.271 e. The molecule has 0 spiro atoms. The van der Waals surface area contributed by atoms with Gasteiger partial charge in [0, 0.05) is 29.8 Å². The third-order valence-corrected chi connectivity index (χ3v) is 6.13. The number of nitrogens with zero attached hydrogens (tertiary/aromatic N) is 5. The molecule has 0 saturated carbocycles. The van der Waals surface area contributed by atoms with Crippen LogP contribution in [-0.2, 0) is 6.54 Å². The van der Waals surface area contributed by atoms with Gasteiger partial charge >= 0.3 is 0 Å². The number of fused-ring (bicyclic) bond motifs is 7. The van der Waals surface area contributed by atoms with E-state index < -0.39 is 0 Å². The van der Waals surface area contributed by atoms with Gasteiger partial charge in [-0.15, -0.1) is 0 Å². The molecule has 0 fully saturated rings. The van der Waals surface area contributed by atoms with Gasteiger partial charge in [0.25, 0.3) is 11.5 Å². The highest BCUT2D eigenvalue weighted by atomic mass is 15.3. The lowest BCUT2D eigenvalue weighted by Gasteiger charge is -2.08. The van der Waals surface area contributed by atoms with Crippen LogP contribution in [-0.4, -0.2) is 19.1 Å². The molecule has 1 aliphatic rings. The zero-order valence-electron chi connectivity index (χ0n) is 16.7. The van der Waals surface area contributed by atoms with Crippen molar-refractivity contribution in [1.29, 1.82) is 0 Å². The number of aromatic nitrogens is 5. The first-order chi connectivity index (χ1) is 15.4. The molecule has 0 bridgehead atoms. The average molecular weight is 400 g/mol. The molecule has 5 nitrogen and oxygen atoms in total. The van der Waals surface area contributed by atoms with Gasteiger partial charge in [-0.3, -0.25) is 9.55 Å². The highest BCUT2D eigenvalue weighted by Gasteiger charge is 2.39. The maximum Gasteiger partial charge on any atom is 0.297 e. The maximum atomic E-state index is 4.83.